The number of rotatable bonds is 5. The molecule has 0 radical (unpaired) electrons. The van der Waals surface area contributed by atoms with Gasteiger partial charge in [0, 0.05) is 43.6 Å². The second-order valence-electron chi connectivity index (χ2n) is 4.41. The predicted octanol–water partition coefficient (Wildman–Crippen LogP) is 1.73. The molecule has 1 aliphatic rings. The van der Waals surface area contributed by atoms with Crippen molar-refractivity contribution < 1.29 is 4.79 Å². The molecule has 0 aromatic rings. The van der Waals surface area contributed by atoms with Gasteiger partial charge in [0.05, 0.1) is 0 Å². The fourth-order valence-electron chi connectivity index (χ4n) is 2.15. The summed E-state index contributed by atoms with van der Waals surface area (Å²) >= 11 is 1.94. The molecule has 0 aliphatic carbocycles. The van der Waals surface area contributed by atoms with Crippen LogP contribution in [0.1, 0.15) is 33.1 Å². The quantitative estimate of drug-likeness (QED) is 0.799. The van der Waals surface area contributed by atoms with Gasteiger partial charge in [-0.3, -0.25) is 4.79 Å². The molecule has 16 heavy (non-hydrogen) atoms. The van der Waals surface area contributed by atoms with Crippen molar-refractivity contribution in [1.82, 2.24) is 10.2 Å². The van der Waals surface area contributed by atoms with E-state index in [1.165, 1.54) is 5.75 Å². The van der Waals surface area contributed by atoms with E-state index in [2.05, 4.69) is 19.2 Å². The number of carbonyl (C=O) groups excluding carboxylic acids is 1. The zero-order valence-corrected chi connectivity index (χ0v) is 11.5. The van der Waals surface area contributed by atoms with Crippen LogP contribution in [0, 0.1) is 0 Å². The van der Waals surface area contributed by atoms with E-state index in [0.717, 1.165) is 25.1 Å². The number of nitrogens with zero attached hydrogens (tertiary/aromatic N) is 1. The van der Waals surface area contributed by atoms with Crippen molar-refractivity contribution in [1.29, 1.82) is 0 Å². The van der Waals surface area contributed by atoms with Gasteiger partial charge in [0.2, 0.25) is 5.91 Å². The van der Waals surface area contributed by atoms with Crippen molar-refractivity contribution in [3.05, 3.63) is 0 Å². The van der Waals surface area contributed by atoms with Crippen molar-refractivity contribution in [3.63, 3.8) is 0 Å². The Bertz CT molecular complexity index is 213. The molecule has 1 unspecified atom stereocenters. The smallest absolute Gasteiger partial charge is 0.224 e. The summed E-state index contributed by atoms with van der Waals surface area (Å²) in [5.74, 6) is 2.53. The Morgan fingerprint density at radius 2 is 2.19 bits per heavy atom. The highest BCUT2D eigenvalue weighted by Crippen LogP contribution is 2.13. The van der Waals surface area contributed by atoms with Crippen molar-refractivity contribution >= 4 is 17.7 Å². The van der Waals surface area contributed by atoms with Crippen molar-refractivity contribution in [2.75, 3.05) is 25.1 Å². The number of nitrogens with one attached hydrogen (secondary N) is 1. The van der Waals surface area contributed by atoms with Crippen LogP contribution >= 0.6 is 11.8 Å². The minimum Gasteiger partial charge on any atom is -0.343 e. The number of amides is 1. The second-order valence-corrected chi connectivity index (χ2v) is 5.55. The molecule has 4 heteroatoms. The van der Waals surface area contributed by atoms with Gasteiger partial charge in [0.15, 0.2) is 0 Å². The zero-order valence-electron chi connectivity index (χ0n) is 10.7. The van der Waals surface area contributed by atoms with Crippen LogP contribution in [0.25, 0.3) is 0 Å². The Labute approximate surface area is 103 Å². The van der Waals surface area contributed by atoms with Gasteiger partial charge >= 0.3 is 0 Å². The van der Waals surface area contributed by atoms with Crippen molar-refractivity contribution in [3.8, 4) is 0 Å². The average molecular weight is 244 g/mol. The van der Waals surface area contributed by atoms with Crippen LogP contribution in [0.2, 0.25) is 0 Å². The molecule has 1 saturated heterocycles. The van der Waals surface area contributed by atoms with Crippen LogP contribution in [0.4, 0.5) is 0 Å². The van der Waals surface area contributed by atoms with Gasteiger partial charge in [0.25, 0.3) is 0 Å². The summed E-state index contributed by atoms with van der Waals surface area (Å²) in [6.45, 7) is 5.33. The molecule has 0 aromatic carbocycles. The standard InChI is InChI=1S/C12H24N2OS/c1-4-11(5-2)14(3)12(15)8-10-9-16-7-6-13-10/h10-11,13H,4-9H2,1-3H3. The maximum atomic E-state index is 12.0. The van der Waals surface area contributed by atoms with Crippen molar-refractivity contribution in [2.45, 2.75) is 45.2 Å². The molecule has 1 amide bonds. The van der Waals surface area contributed by atoms with E-state index < -0.39 is 0 Å². The van der Waals surface area contributed by atoms with Crippen LogP contribution in [-0.2, 0) is 4.79 Å². The molecule has 1 heterocycles. The summed E-state index contributed by atoms with van der Waals surface area (Å²) in [7, 11) is 1.94. The topological polar surface area (TPSA) is 32.3 Å². The molecule has 3 nitrogen and oxygen atoms in total. The fraction of sp³-hybridized carbons (Fsp3) is 0.917. The molecule has 0 bridgehead atoms. The average Bonchev–Trinajstić information content (AvgIpc) is 2.31. The number of hydrogen-bond acceptors (Lipinski definition) is 3. The van der Waals surface area contributed by atoms with E-state index in [-0.39, 0.29) is 5.91 Å². The lowest BCUT2D eigenvalue weighted by molar-refractivity contribution is -0.132. The lowest BCUT2D eigenvalue weighted by Crippen LogP contribution is -2.44. The molecule has 0 aromatic heterocycles. The summed E-state index contributed by atoms with van der Waals surface area (Å²) in [5, 5.41) is 3.41. The minimum atomic E-state index is 0.286. The molecule has 94 valence electrons. The Kier molecular flexibility index (Phi) is 6.21. The normalized spacial score (nSPS) is 21.1. The van der Waals surface area contributed by atoms with Crippen LogP contribution in [-0.4, -0.2) is 48.0 Å². The van der Waals surface area contributed by atoms with Gasteiger partial charge in [-0.2, -0.15) is 11.8 Å². The van der Waals surface area contributed by atoms with E-state index in [1.54, 1.807) is 0 Å². The molecule has 1 aliphatic heterocycles. The first kappa shape index (κ1) is 13.8. The third kappa shape index (κ3) is 3.98. The van der Waals surface area contributed by atoms with E-state index in [1.807, 2.05) is 23.7 Å². The first-order chi connectivity index (χ1) is 7.69. The number of hydrogen-bond donors (Lipinski definition) is 1. The minimum absolute atomic E-state index is 0.286. The van der Waals surface area contributed by atoms with E-state index in [0.29, 0.717) is 18.5 Å². The lowest BCUT2D eigenvalue weighted by Gasteiger charge is -2.29. The Morgan fingerprint density at radius 3 is 2.69 bits per heavy atom. The Morgan fingerprint density at radius 1 is 1.50 bits per heavy atom. The van der Waals surface area contributed by atoms with Crippen LogP contribution in [0.5, 0.6) is 0 Å². The number of carbonyl (C=O) groups is 1. The van der Waals surface area contributed by atoms with Gasteiger partial charge in [-0.05, 0) is 12.8 Å². The maximum Gasteiger partial charge on any atom is 0.224 e. The fourth-order valence-corrected chi connectivity index (χ4v) is 3.09. The summed E-state index contributed by atoms with van der Waals surface area (Å²) in [6.07, 6.45) is 2.75. The van der Waals surface area contributed by atoms with Crippen LogP contribution in [0.15, 0.2) is 0 Å². The predicted molar refractivity (Wildman–Crippen MR) is 70.9 cm³/mol. The molecular formula is C12H24N2OS. The zero-order chi connectivity index (χ0) is 12.0. The Hall–Kier alpha value is -0.220. The van der Waals surface area contributed by atoms with Gasteiger partial charge in [-0.15, -0.1) is 0 Å². The summed E-state index contributed by atoms with van der Waals surface area (Å²) in [6, 6.07) is 0.784. The highest BCUT2D eigenvalue weighted by Gasteiger charge is 2.21. The van der Waals surface area contributed by atoms with Gasteiger partial charge in [-0.1, -0.05) is 13.8 Å². The van der Waals surface area contributed by atoms with Crippen LogP contribution < -0.4 is 5.32 Å². The third-order valence-corrected chi connectivity index (χ3v) is 4.43. The molecule has 1 N–H and O–H groups in total. The third-order valence-electron chi connectivity index (χ3n) is 3.30. The molecule has 1 atom stereocenters. The summed E-state index contributed by atoms with van der Waals surface area (Å²) < 4.78 is 0. The molecular weight excluding hydrogens is 220 g/mol. The lowest BCUT2D eigenvalue weighted by atomic mass is 10.1. The van der Waals surface area contributed by atoms with Gasteiger partial charge < -0.3 is 10.2 Å². The molecule has 0 saturated carbocycles. The summed E-state index contributed by atoms with van der Waals surface area (Å²) in [5.41, 5.74) is 0. The highest BCUT2D eigenvalue weighted by atomic mass is 32.2. The van der Waals surface area contributed by atoms with E-state index in [9.17, 15) is 4.79 Å². The van der Waals surface area contributed by atoms with Gasteiger partial charge in [-0.25, -0.2) is 0 Å². The summed E-state index contributed by atoms with van der Waals surface area (Å²) in [4.78, 5) is 14.0. The largest absolute Gasteiger partial charge is 0.343 e. The highest BCUT2D eigenvalue weighted by molar-refractivity contribution is 7.99. The number of thioether (sulfide) groups is 1. The van der Waals surface area contributed by atoms with Gasteiger partial charge in [0.1, 0.15) is 0 Å². The van der Waals surface area contributed by atoms with Crippen molar-refractivity contribution in [2.24, 2.45) is 0 Å². The Balaban J connectivity index is 2.37. The second kappa shape index (κ2) is 7.17. The van der Waals surface area contributed by atoms with E-state index in [4.69, 9.17) is 0 Å². The first-order valence-corrected chi connectivity index (χ1v) is 7.41. The molecule has 1 rings (SSSR count). The first-order valence-electron chi connectivity index (χ1n) is 6.25. The van der Waals surface area contributed by atoms with E-state index >= 15 is 0 Å². The molecule has 0 spiro atoms. The van der Waals surface area contributed by atoms with Crippen LogP contribution in [0.3, 0.4) is 0 Å². The monoisotopic (exact) mass is 244 g/mol. The SMILES string of the molecule is CCC(CC)N(C)C(=O)CC1CSCCN1. The molecule has 1 fully saturated rings. The maximum absolute atomic E-state index is 12.0.